The molecule has 2 aromatic carbocycles. The van der Waals surface area contributed by atoms with E-state index in [1.54, 1.807) is 25.1 Å². The standard InChI is InChI=1S/C18H17F3O3/c1-2-23-17(22)10-9-13-5-3-7-15(11-13)24-16-8-4-6-14(12-16)18(19,20)21/h3-8,11-12H,2,9-10H2,1H3. The van der Waals surface area contributed by atoms with Crippen LogP contribution in [0.3, 0.4) is 0 Å². The van der Waals surface area contributed by atoms with E-state index >= 15 is 0 Å². The highest BCUT2D eigenvalue weighted by Crippen LogP contribution is 2.32. The molecular formula is C18H17F3O3. The van der Waals surface area contributed by atoms with E-state index in [4.69, 9.17) is 9.47 Å². The smallest absolute Gasteiger partial charge is 0.416 e. The topological polar surface area (TPSA) is 35.5 Å². The van der Waals surface area contributed by atoms with Crippen molar-refractivity contribution in [1.29, 1.82) is 0 Å². The summed E-state index contributed by atoms with van der Waals surface area (Å²) in [6, 6.07) is 11.6. The summed E-state index contributed by atoms with van der Waals surface area (Å²) in [6.07, 6.45) is -3.71. The molecule has 0 atom stereocenters. The maximum absolute atomic E-state index is 12.7. The zero-order chi connectivity index (χ0) is 17.6. The Morgan fingerprint density at radius 3 is 2.38 bits per heavy atom. The third-order valence-corrected chi connectivity index (χ3v) is 3.22. The largest absolute Gasteiger partial charge is 0.466 e. The Morgan fingerprint density at radius 2 is 1.71 bits per heavy atom. The Labute approximate surface area is 138 Å². The average molecular weight is 338 g/mol. The third kappa shape index (κ3) is 5.30. The summed E-state index contributed by atoms with van der Waals surface area (Å²) < 4.78 is 48.5. The second kappa shape index (κ2) is 7.86. The van der Waals surface area contributed by atoms with Crippen molar-refractivity contribution in [2.45, 2.75) is 25.9 Å². The monoisotopic (exact) mass is 338 g/mol. The molecule has 0 saturated heterocycles. The van der Waals surface area contributed by atoms with Gasteiger partial charge in [0.1, 0.15) is 11.5 Å². The van der Waals surface area contributed by atoms with Crippen LogP contribution in [-0.4, -0.2) is 12.6 Å². The van der Waals surface area contributed by atoms with Crippen molar-refractivity contribution in [3.8, 4) is 11.5 Å². The SMILES string of the molecule is CCOC(=O)CCc1cccc(Oc2cccc(C(F)(F)F)c2)c1. The Kier molecular flexibility index (Phi) is 5.84. The number of esters is 1. The summed E-state index contributed by atoms with van der Waals surface area (Å²) in [5, 5.41) is 0. The van der Waals surface area contributed by atoms with Crippen molar-refractivity contribution in [2.75, 3.05) is 6.61 Å². The Balaban J connectivity index is 2.05. The quantitative estimate of drug-likeness (QED) is 0.696. The number of benzene rings is 2. The van der Waals surface area contributed by atoms with Crippen molar-refractivity contribution in [3.05, 3.63) is 59.7 Å². The first-order chi connectivity index (χ1) is 11.4. The second-order valence-electron chi connectivity index (χ2n) is 5.08. The van der Waals surface area contributed by atoms with E-state index in [-0.39, 0.29) is 18.1 Å². The fourth-order valence-corrected chi connectivity index (χ4v) is 2.12. The summed E-state index contributed by atoms with van der Waals surface area (Å²) in [6.45, 7) is 2.07. The summed E-state index contributed by atoms with van der Waals surface area (Å²) in [5.74, 6) is 0.227. The van der Waals surface area contributed by atoms with Gasteiger partial charge in [-0.05, 0) is 49.2 Å². The van der Waals surface area contributed by atoms with E-state index in [1.807, 2.05) is 6.07 Å². The lowest BCUT2D eigenvalue weighted by Crippen LogP contribution is -2.05. The van der Waals surface area contributed by atoms with E-state index < -0.39 is 11.7 Å². The number of carbonyl (C=O) groups is 1. The molecule has 128 valence electrons. The molecule has 0 aromatic heterocycles. The molecular weight excluding hydrogens is 321 g/mol. The van der Waals surface area contributed by atoms with Crippen LogP contribution in [0.25, 0.3) is 0 Å². The zero-order valence-electron chi connectivity index (χ0n) is 13.1. The Bertz CT molecular complexity index is 696. The van der Waals surface area contributed by atoms with Gasteiger partial charge >= 0.3 is 12.1 Å². The average Bonchev–Trinajstić information content (AvgIpc) is 2.53. The predicted molar refractivity (Wildman–Crippen MR) is 82.9 cm³/mol. The maximum Gasteiger partial charge on any atom is 0.416 e. The van der Waals surface area contributed by atoms with E-state index in [1.165, 1.54) is 12.1 Å². The van der Waals surface area contributed by atoms with Gasteiger partial charge in [-0.25, -0.2) is 0 Å². The molecule has 0 aliphatic heterocycles. The van der Waals surface area contributed by atoms with Crippen LogP contribution in [0.15, 0.2) is 48.5 Å². The Hall–Kier alpha value is -2.50. The number of alkyl halides is 3. The van der Waals surface area contributed by atoms with Crippen molar-refractivity contribution < 1.29 is 27.4 Å². The minimum Gasteiger partial charge on any atom is -0.466 e. The van der Waals surface area contributed by atoms with Crippen LogP contribution in [0.1, 0.15) is 24.5 Å². The molecule has 0 bridgehead atoms. The highest BCUT2D eigenvalue weighted by atomic mass is 19.4. The molecule has 0 fully saturated rings. The molecule has 0 saturated carbocycles. The molecule has 0 amide bonds. The van der Waals surface area contributed by atoms with Gasteiger partial charge in [0.25, 0.3) is 0 Å². The lowest BCUT2D eigenvalue weighted by atomic mass is 10.1. The van der Waals surface area contributed by atoms with Gasteiger partial charge in [-0.3, -0.25) is 4.79 Å². The van der Waals surface area contributed by atoms with Crippen LogP contribution in [0.5, 0.6) is 11.5 Å². The van der Waals surface area contributed by atoms with E-state index in [0.29, 0.717) is 18.8 Å². The van der Waals surface area contributed by atoms with E-state index in [9.17, 15) is 18.0 Å². The summed E-state index contributed by atoms with van der Waals surface area (Å²) in [5.41, 5.74) is 0.0750. The fraction of sp³-hybridized carbons (Fsp3) is 0.278. The summed E-state index contributed by atoms with van der Waals surface area (Å²) in [7, 11) is 0. The van der Waals surface area contributed by atoms with Gasteiger partial charge in [0.05, 0.1) is 12.2 Å². The van der Waals surface area contributed by atoms with Crippen LogP contribution in [0.2, 0.25) is 0 Å². The highest BCUT2D eigenvalue weighted by molar-refractivity contribution is 5.69. The first-order valence-electron chi connectivity index (χ1n) is 7.48. The fourth-order valence-electron chi connectivity index (χ4n) is 2.12. The molecule has 3 nitrogen and oxygen atoms in total. The number of ether oxygens (including phenoxy) is 2. The predicted octanol–water partition coefficient (Wildman–Crippen LogP) is 4.99. The van der Waals surface area contributed by atoms with Crippen molar-refractivity contribution >= 4 is 5.97 Å². The lowest BCUT2D eigenvalue weighted by molar-refractivity contribution is -0.143. The van der Waals surface area contributed by atoms with Crippen molar-refractivity contribution in [3.63, 3.8) is 0 Å². The number of hydrogen-bond acceptors (Lipinski definition) is 3. The van der Waals surface area contributed by atoms with E-state index in [2.05, 4.69) is 0 Å². The number of halogens is 3. The maximum atomic E-state index is 12.7. The van der Waals surface area contributed by atoms with Gasteiger partial charge in [0.15, 0.2) is 0 Å². The highest BCUT2D eigenvalue weighted by Gasteiger charge is 2.30. The number of rotatable bonds is 6. The van der Waals surface area contributed by atoms with Crippen LogP contribution < -0.4 is 4.74 Å². The third-order valence-electron chi connectivity index (χ3n) is 3.22. The van der Waals surface area contributed by atoms with Crippen LogP contribution in [0.4, 0.5) is 13.2 Å². The van der Waals surface area contributed by atoms with Gasteiger partial charge < -0.3 is 9.47 Å². The van der Waals surface area contributed by atoms with Gasteiger partial charge in [-0.15, -0.1) is 0 Å². The molecule has 0 spiro atoms. The zero-order valence-corrected chi connectivity index (χ0v) is 13.1. The molecule has 0 N–H and O–H groups in total. The summed E-state index contributed by atoms with van der Waals surface area (Å²) in [4.78, 5) is 11.4. The van der Waals surface area contributed by atoms with Gasteiger partial charge in [0, 0.05) is 6.42 Å². The first-order valence-corrected chi connectivity index (χ1v) is 7.48. The van der Waals surface area contributed by atoms with Crippen LogP contribution in [-0.2, 0) is 22.1 Å². The molecule has 0 aliphatic carbocycles. The molecule has 2 rings (SSSR count). The van der Waals surface area contributed by atoms with Gasteiger partial charge in [0.2, 0.25) is 0 Å². The van der Waals surface area contributed by atoms with Crippen LogP contribution in [0, 0.1) is 0 Å². The minimum absolute atomic E-state index is 0.104. The van der Waals surface area contributed by atoms with Crippen LogP contribution >= 0.6 is 0 Å². The molecule has 2 aromatic rings. The Morgan fingerprint density at radius 1 is 1.04 bits per heavy atom. The molecule has 0 unspecified atom stereocenters. The van der Waals surface area contributed by atoms with Gasteiger partial charge in [-0.1, -0.05) is 18.2 Å². The lowest BCUT2D eigenvalue weighted by Gasteiger charge is -2.11. The minimum atomic E-state index is -4.42. The van der Waals surface area contributed by atoms with Crippen molar-refractivity contribution in [1.82, 2.24) is 0 Å². The number of hydrogen-bond donors (Lipinski definition) is 0. The molecule has 6 heteroatoms. The molecule has 0 heterocycles. The van der Waals surface area contributed by atoms with Gasteiger partial charge in [-0.2, -0.15) is 13.2 Å². The molecule has 0 aliphatic rings. The van der Waals surface area contributed by atoms with Crippen molar-refractivity contribution in [2.24, 2.45) is 0 Å². The molecule has 0 radical (unpaired) electrons. The normalized spacial score (nSPS) is 11.2. The number of carbonyl (C=O) groups excluding carboxylic acids is 1. The van der Waals surface area contributed by atoms with E-state index in [0.717, 1.165) is 17.7 Å². The first kappa shape index (κ1) is 17.8. The number of aryl methyl sites for hydroxylation is 1. The summed E-state index contributed by atoms with van der Waals surface area (Å²) >= 11 is 0. The molecule has 24 heavy (non-hydrogen) atoms. The second-order valence-corrected chi connectivity index (χ2v) is 5.08.